The topological polar surface area (TPSA) is 56.5 Å². The summed E-state index contributed by atoms with van der Waals surface area (Å²) in [4.78, 5) is 18.2. The maximum absolute atomic E-state index is 13.4. The van der Waals surface area contributed by atoms with Crippen molar-refractivity contribution in [2.45, 2.75) is 26.2 Å². The van der Waals surface area contributed by atoms with Crippen molar-refractivity contribution in [3.63, 3.8) is 0 Å². The number of ether oxygens (including phenoxy) is 1. The van der Waals surface area contributed by atoms with E-state index in [1.807, 2.05) is 55.5 Å². The van der Waals surface area contributed by atoms with Crippen LogP contribution in [-0.2, 0) is 0 Å². The van der Waals surface area contributed by atoms with Gasteiger partial charge in [0, 0.05) is 16.0 Å². The van der Waals surface area contributed by atoms with Crippen molar-refractivity contribution < 1.29 is 4.74 Å². The van der Waals surface area contributed by atoms with Gasteiger partial charge in [-0.3, -0.25) is 4.79 Å². The highest BCUT2D eigenvalue weighted by molar-refractivity contribution is 9.10. The monoisotopic (exact) mass is 487 g/mol. The third-order valence-corrected chi connectivity index (χ3v) is 5.92. The highest BCUT2D eigenvalue weighted by Crippen LogP contribution is 2.27. The molecule has 0 radical (unpaired) electrons. The zero-order chi connectivity index (χ0) is 22.7. The van der Waals surface area contributed by atoms with Gasteiger partial charge in [-0.25, -0.2) is 4.98 Å². The molecule has 1 aromatic heterocycles. The third-order valence-electron chi connectivity index (χ3n) is 5.43. The van der Waals surface area contributed by atoms with Gasteiger partial charge in [0.2, 0.25) is 0 Å². The first-order valence-corrected chi connectivity index (χ1v) is 11.2. The molecule has 4 aromatic rings. The Hall–Kier alpha value is -3.43. The second-order valence-electron chi connectivity index (χ2n) is 7.49. The van der Waals surface area contributed by atoms with Crippen LogP contribution in [-0.4, -0.2) is 22.5 Å². The quantitative estimate of drug-likeness (QED) is 0.258. The van der Waals surface area contributed by atoms with Gasteiger partial charge in [0.25, 0.3) is 5.56 Å². The summed E-state index contributed by atoms with van der Waals surface area (Å²) >= 11 is 3.44. The summed E-state index contributed by atoms with van der Waals surface area (Å²) in [6.07, 6.45) is 7.88. The van der Waals surface area contributed by atoms with E-state index < -0.39 is 0 Å². The Labute approximate surface area is 194 Å². The van der Waals surface area contributed by atoms with Gasteiger partial charge in [0.1, 0.15) is 18.2 Å². The fourth-order valence-corrected chi connectivity index (χ4v) is 3.91. The molecule has 4 rings (SSSR count). The van der Waals surface area contributed by atoms with Crippen molar-refractivity contribution in [3.8, 4) is 18.1 Å². The van der Waals surface area contributed by atoms with Gasteiger partial charge in [-0.05, 0) is 41.5 Å². The Morgan fingerprint density at radius 3 is 2.81 bits per heavy atom. The van der Waals surface area contributed by atoms with Crippen LogP contribution in [0.4, 0.5) is 0 Å². The molecule has 1 heterocycles. The lowest BCUT2D eigenvalue weighted by Gasteiger charge is -2.14. The second-order valence-corrected chi connectivity index (χ2v) is 8.41. The Kier molecular flexibility index (Phi) is 6.38. The predicted octanol–water partition coefficient (Wildman–Crippen LogP) is 5.72. The van der Waals surface area contributed by atoms with Crippen LogP contribution in [0, 0.1) is 12.3 Å². The fraction of sp³-hybridized carbons (Fsp3) is 0.192. The molecule has 0 aliphatic rings. The Balaban J connectivity index is 1.94. The van der Waals surface area contributed by atoms with Crippen LogP contribution in [0.25, 0.3) is 21.7 Å². The minimum Gasteiger partial charge on any atom is -0.480 e. The number of halogens is 1. The van der Waals surface area contributed by atoms with Gasteiger partial charge < -0.3 is 4.74 Å². The lowest BCUT2D eigenvalue weighted by atomic mass is 10.0. The highest BCUT2D eigenvalue weighted by Gasteiger charge is 2.16. The molecule has 0 amide bonds. The lowest BCUT2D eigenvalue weighted by molar-refractivity contribution is 0.370. The molecule has 0 bridgehead atoms. The third kappa shape index (κ3) is 4.17. The Bertz CT molecular complexity index is 1430. The Morgan fingerprint density at radius 1 is 1.22 bits per heavy atom. The molecule has 0 aliphatic carbocycles. The molecule has 6 heteroatoms. The minimum atomic E-state index is -0.214. The van der Waals surface area contributed by atoms with Crippen LogP contribution in [0.5, 0.6) is 5.75 Å². The van der Waals surface area contributed by atoms with Gasteiger partial charge in [-0.1, -0.05) is 66.0 Å². The number of benzene rings is 3. The van der Waals surface area contributed by atoms with Gasteiger partial charge in [0.05, 0.1) is 17.1 Å². The van der Waals surface area contributed by atoms with Gasteiger partial charge in [-0.15, -0.1) is 6.42 Å². The second kappa shape index (κ2) is 9.37. The largest absolute Gasteiger partial charge is 0.480 e. The molecular weight excluding hydrogens is 466 g/mol. The highest BCUT2D eigenvalue weighted by atomic mass is 79.9. The summed E-state index contributed by atoms with van der Waals surface area (Å²) in [6.45, 7) is 4.24. The summed E-state index contributed by atoms with van der Waals surface area (Å²) in [5.41, 5.74) is 1.20. The van der Waals surface area contributed by atoms with Crippen LogP contribution in [0.2, 0.25) is 0 Å². The van der Waals surface area contributed by atoms with E-state index in [0.29, 0.717) is 22.5 Å². The summed E-state index contributed by atoms with van der Waals surface area (Å²) < 4.78 is 7.97. The zero-order valence-corrected chi connectivity index (χ0v) is 19.5. The van der Waals surface area contributed by atoms with E-state index >= 15 is 0 Å². The number of terminal acetylenes is 1. The fourth-order valence-electron chi connectivity index (χ4n) is 3.55. The molecule has 32 heavy (non-hydrogen) atoms. The average molecular weight is 488 g/mol. The number of fused-ring (bicyclic) bond motifs is 2. The molecule has 0 unspecified atom stereocenters. The summed E-state index contributed by atoms with van der Waals surface area (Å²) in [5.74, 6) is 3.78. The van der Waals surface area contributed by atoms with Crippen molar-refractivity contribution in [1.82, 2.24) is 9.66 Å². The van der Waals surface area contributed by atoms with Crippen molar-refractivity contribution in [2.24, 2.45) is 5.10 Å². The molecule has 5 nitrogen and oxygen atoms in total. The lowest BCUT2D eigenvalue weighted by Crippen LogP contribution is -2.23. The van der Waals surface area contributed by atoms with Gasteiger partial charge >= 0.3 is 0 Å². The average Bonchev–Trinajstić information content (AvgIpc) is 2.82. The molecule has 0 saturated carbocycles. The van der Waals surface area contributed by atoms with Crippen molar-refractivity contribution >= 4 is 43.8 Å². The molecule has 0 N–H and O–H groups in total. The van der Waals surface area contributed by atoms with Crippen molar-refractivity contribution in [2.75, 3.05) is 6.61 Å². The van der Waals surface area contributed by atoms with Crippen molar-refractivity contribution in [3.05, 3.63) is 80.8 Å². The standard InChI is InChI=1S/C26H22BrN3O2/c1-4-14-32-24-13-10-18-8-6-7-9-20(18)22(24)16-28-30-25(17(3)5-2)29-23-12-11-19(27)15-21(23)26(30)31/h1,6-13,15-17H,5,14H2,2-3H3/t17-/m0/s1. The SMILES string of the molecule is C#CCOc1ccc2ccccc2c1C=Nn1c([C@@H](C)CC)nc2ccc(Br)cc2c1=O. The van der Waals surface area contributed by atoms with Crippen LogP contribution in [0.1, 0.15) is 37.6 Å². The first-order chi connectivity index (χ1) is 15.5. The van der Waals surface area contributed by atoms with E-state index in [-0.39, 0.29) is 18.1 Å². The normalized spacial score (nSPS) is 12.3. The number of rotatable bonds is 6. The van der Waals surface area contributed by atoms with Crippen LogP contribution < -0.4 is 10.3 Å². The summed E-state index contributed by atoms with van der Waals surface area (Å²) in [6, 6.07) is 17.3. The molecule has 0 fully saturated rings. The maximum atomic E-state index is 13.4. The molecular formula is C26H22BrN3O2. The van der Waals surface area contributed by atoms with Crippen LogP contribution >= 0.6 is 15.9 Å². The number of hydrogen-bond acceptors (Lipinski definition) is 4. The molecule has 0 aliphatic heterocycles. The van der Waals surface area contributed by atoms with E-state index in [9.17, 15) is 4.79 Å². The molecule has 160 valence electrons. The van der Waals surface area contributed by atoms with Crippen LogP contribution in [0.3, 0.4) is 0 Å². The first kappa shape index (κ1) is 21.8. The number of nitrogens with zero attached hydrogens (tertiary/aromatic N) is 3. The zero-order valence-electron chi connectivity index (χ0n) is 17.9. The van der Waals surface area contributed by atoms with Crippen molar-refractivity contribution in [1.29, 1.82) is 0 Å². The number of aromatic nitrogens is 2. The summed E-state index contributed by atoms with van der Waals surface area (Å²) in [7, 11) is 0. The van der Waals surface area contributed by atoms with Gasteiger partial charge in [0.15, 0.2) is 0 Å². The molecule has 3 aromatic carbocycles. The maximum Gasteiger partial charge on any atom is 0.282 e. The molecule has 0 spiro atoms. The Morgan fingerprint density at radius 2 is 2.03 bits per heavy atom. The van der Waals surface area contributed by atoms with Crippen LogP contribution in [0.15, 0.2) is 69.0 Å². The molecule has 1 atom stereocenters. The first-order valence-electron chi connectivity index (χ1n) is 10.4. The smallest absolute Gasteiger partial charge is 0.282 e. The molecule has 0 saturated heterocycles. The minimum absolute atomic E-state index is 0.0533. The number of hydrogen-bond donors (Lipinski definition) is 0. The van der Waals surface area contributed by atoms with E-state index in [2.05, 4.69) is 33.9 Å². The van der Waals surface area contributed by atoms with E-state index in [1.54, 1.807) is 12.3 Å². The van der Waals surface area contributed by atoms with E-state index in [1.165, 1.54) is 4.68 Å². The van der Waals surface area contributed by atoms with Gasteiger partial charge in [-0.2, -0.15) is 9.78 Å². The van der Waals surface area contributed by atoms with E-state index in [4.69, 9.17) is 16.1 Å². The van der Waals surface area contributed by atoms with E-state index in [0.717, 1.165) is 27.2 Å². The predicted molar refractivity (Wildman–Crippen MR) is 134 cm³/mol. The summed E-state index contributed by atoms with van der Waals surface area (Å²) in [5, 5.41) is 7.12.